The smallest absolute Gasteiger partial charge is 0.260 e. The third-order valence-electron chi connectivity index (χ3n) is 4.71. The van der Waals surface area contributed by atoms with Crippen LogP contribution in [0, 0.1) is 0 Å². The Kier molecular flexibility index (Phi) is 8.04. The van der Waals surface area contributed by atoms with Gasteiger partial charge in [0, 0.05) is 16.3 Å². The highest BCUT2D eigenvalue weighted by Gasteiger charge is 2.20. The fourth-order valence-corrected chi connectivity index (χ4v) is 4.07. The predicted molar refractivity (Wildman–Crippen MR) is 135 cm³/mol. The highest BCUT2D eigenvalue weighted by atomic mass is 35.5. The van der Waals surface area contributed by atoms with Crippen LogP contribution in [0.4, 0.5) is 11.4 Å². The molecule has 0 bridgehead atoms. The minimum atomic E-state index is -3.67. The minimum absolute atomic E-state index is 0.315. The van der Waals surface area contributed by atoms with E-state index in [9.17, 15) is 18.0 Å². The Balaban J connectivity index is 1.68. The SMILES string of the molecule is C/C(=N/NC(=O)CN(c1ccccc1)S(C)(=O)=O)c1cccc(NC(=O)c2cccc(Cl)c2)c1. The summed E-state index contributed by atoms with van der Waals surface area (Å²) in [7, 11) is -3.67. The van der Waals surface area contributed by atoms with Gasteiger partial charge in [0.2, 0.25) is 10.0 Å². The summed E-state index contributed by atoms with van der Waals surface area (Å²) in [6.07, 6.45) is 1.03. The Morgan fingerprint density at radius 1 is 0.941 bits per heavy atom. The number of hydrogen-bond donors (Lipinski definition) is 2. The number of nitrogens with one attached hydrogen (secondary N) is 2. The summed E-state index contributed by atoms with van der Waals surface area (Å²) in [6, 6.07) is 21.9. The number of amides is 2. The molecule has 0 spiro atoms. The Morgan fingerprint density at radius 3 is 2.29 bits per heavy atom. The normalized spacial score (nSPS) is 11.6. The third kappa shape index (κ3) is 6.90. The van der Waals surface area contributed by atoms with E-state index in [1.165, 1.54) is 0 Å². The van der Waals surface area contributed by atoms with Crippen LogP contribution in [0.15, 0.2) is 84.0 Å². The Labute approximate surface area is 203 Å². The molecule has 0 unspecified atom stereocenters. The fraction of sp³-hybridized carbons (Fsp3) is 0.125. The number of sulfonamides is 1. The van der Waals surface area contributed by atoms with Gasteiger partial charge in [0.05, 0.1) is 17.7 Å². The molecule has 8 nitrogen and oxygen atoms in total. The van der Waals surface area contributed by atoms with E-state index < -0.39 is 22.5 Å². The van der Waals surface area contributed by atoms with E-state index in [1.807, 2.05) is 0 Å². The zero-order chi connectivity index (χ0) is 24.7. The van der Waals surface area contributed by atoms with Crippen molar-refractivity contribution in [2.45, 2.75) is 6.92 Å². The van der Waals surface area contributed by atoms with Crippen LogP contribution in [-0.4, -0.2) is 38.7 Å². The number of rotatable bonds is 8. The van der Waals surface area contributed by atoms with Gasteiger partial charge in [-0.3, -0.25) is 13.9 Å². The molecule has 3 rings (SSSR count). The maximum Gasteiger partial charge on any atom is 0.260 e. The average molecular weight is 499 g/mol. The molecule has 0 saturated heterocycles. The van der Waals surface area contributed by atoms with Crippen LogP contribution in [0.1, 0.15) is 22.8 Å². The predicted octanol–water partition coefficient (Wildman–Crippen LogP) is 3.90. The van der Waals surface area contributed by atoms with Crippen LogP contribution in [0.3, 0.4) is 0 Å². The van der Waals surface area contributed by atoms with Crippen molar-refractivity contribution in [2.24, 2.45) is 5.10 Å². The van der Waals surface area contributed by atoms with Gasteiger partial charge >= 0.3 is 0 Å². The van der Waals surface area contributed by atoms with Gasteiger partial charge in [-0.25, -0.2) is 13.8 Å². The van der Waals surface area contributed by atoms with Crippen molar-refractivity contribution in [3.05, 3.63) is 95.0 Å². The first-order valence-corrected chi connectivity index (χ1v) is 12.4. The van der Waals surface area contributed by atoms with E-state index in [4.69, 9.17) is 11.6 Å². The van der Waals surface area contributed by atoms with Gasteiger partial charge in [-0.1, -0.05) is 48.0 Å². The summed E-state index contributed by atoms with van der Waals surface area (Å²) in [5, 5.41) is 7.33. The summed E-state index contributed by atoms with van der Waals surface area (Å²) >= 11 is 5.94. The van der Waals surface area contributed by atoms with Crippen molar-refractivity contribution >= 4 is 50.5 Å². The van der Waals surface area contributed by atoms with Gasteiger partial charge in [-0.05, 0) is 55.0 Å². The van der Waals surface area contributed by atoms with Gasteiger partial charge in [0.25, 0.3) is 11.8 Å². The Bertz CT molecular complexity index is 1330. The summed E-state index contributed by atoms with van der Waals surface area (Å²) in [5.74, 6) is -0.914. The quantitative estimate of drug-likeness (QED) is 0.362. The maximum atomic E-state index is 12.5. The largest absolute Gasteiger partial charge is 0.322 e. The van der Waals surface area contributed by atoms with Crippen LogP contribution < -0.4 is 15.0 Å². The van der Waals surface area contributed by atoms with E-state index in [-0.39, 0.29) is 5.91 Å². The first kappa shape index (κ1) is 24.9. The van der Waals surface area contributed by atoms with Crippen LogP contribution in [0.2, 0.25) is 5.02 Å². The second-order valence-corrected chi connectivity index (χ2v) is 9.73. The summed E-state index contributed by atoms with van der Waals surface area (Å²) in [4.78, 5) is 24.9. The zero-order valence-corrected chi connectivity index (χ0v) is 20.1. The van der Waals surface area contributed by atoms with Gasteiger partial charge in [0.1, 0.15) is 6.54 Å². The summed E-state index contributed by atoms with van der Waals surface area (Å²) in [6.45, 7) is 1.26. The van der Waals surface area contributed by atoms with Crippen LogP contribution in [-0.2, 0) is 14.8 Å². The number of hydrogen-bond acceptors (Lipinski definition) is 5. The van der Waals surface area contributed by atoms with E-state index in [0.717, 1.165) is 10.6 Å². The molecule has 0 aliphatic rings. The topological polar surface area (TPSA) is 108 Å². The molecule has 34 heavy (non-hydrogen) atoms. The molecular formula is C24H23ClN4O4S. The lowest BCUT2D eigenvalue weighted by Crippen LogP contribution is -2.39. The second kappa shape index (κ2) is 11.0. The molecule has 0 heterocycles. The standard InChI is InChI=1S/C24H23ClN4O4S/c1-17(27-28-23(30)16-29(34(2,32)33)22-12-4-3-5-13-22)18-8-7-11-21(15-18)26-24(31)19-9-6-10-20(25)14-19/h3-15H,16H2,1-2H3,(H,26,31)(H,28,30)/b27-17-. The summed E-state index contributed by atoms with van der Waals surface area (Å²) in [5.41, 5.74) is 4.85. The van der Waals surface area contributed by atoms with Crippen LogP contribution in [0.5, 0.6) is 0 Å². The molecule has 0 aliphatic carbocycles. The minimum Gasteiger partial charge on any atom is -0.322 e. The van der Waals surface area contributed by atoms with Crippen molar-refractivity contribution in [2.75, 3.05) is 22.4 Å². The first-order chi connectivity index (χ1) is 16.1. The van der Waals surface area contributed by atoms with E-state index in [0.29, 0.717) is 33.2 Å². The molecule has 0 saturated carbocycles. The molecule has 0 aromatic heterocycles. The second-order valence-electron chi connectivity index (χ2n) is 7.38. The molecule has 0 radical (unpaired) electrons. The maximum absolute atomic E-state index is 12.5. The van der Waals surface area contributed by atoms with E-state index >= 15 is 0 Å². The molecule has 0 aliphatic heterocycles. The number of para-hydroxylation sites is 1. The van der Waals surface area contributed by atoms with E-state index in [2.05, 4.69) is 15.8 Å². The lowest BCUT2D eigenvalue weighted by atomic mass is 10.1. The number of carbonyl (C=O) groups is 2. The lowest BCUT2D eigenvalue weighted by Gasteiger charge is -2.21. The molecule has 0 fully saturated rings. The molecule has 176 valence electrons. The van der Waals surface area contributed by atoms with E-state index in [1.54, 1.807) is 85.8 Å². The fourth-order valence-electron chi connectivity index (χ4n) is 3.03. The number of anilines is 2. The van der Waals surface area contributed by atoms with Crippen molar-refractivity contribution in [3.63, 3.8) is 0 Å². The first-order valence-electron chi connectivity index (χ1n) is 10.2. The average Bonchev–Trinajstić information content (AvgIpc) is 2.81. The Hall–Kier alpha value is -3.69. The third-order valence-corrected chi connectivity index (χ3v) is 6.08. The molecule has 3 aromatic rings. The van der Waals surface area contributed by atoms with Crippen LogP contribution >= 0.6 is 11.6 Å². The number of hydrazone groups is 1. The zero-order valence-electron chi connectivity index (χ0n) is 18.5. The lowest BCUT2D eigenvalue weighted by molar-refractivity contribution is -0.119. The van der Waals surface area contributed by atoms with Crippen molar-refractivity contribution in [3.8, 4) is 0 Å². The van der Waals surface area contributed by atoms with Crippen LogP contribution in [0.25, 0.3) is 0 Å². The summed E-state index contributed by atoms with van der Waals surface area (Å²) < 4.78 is 25.3. The molecule has 0 atom stereocenters. The molecule has 2 amide bonds. The molecular weight excluding hydrogens is 476 g/mol. The van der Waals surface area contributed by atoms with Crippen molar-refractivity contribution in [1.82, 2.24) is 5.43 Å². The number of nitrogens with zero attached hydrogens (tertiary/aromatic N) is 2. The molecule has 10 heteroatoms. The number of benzene rings is 3. The Morgan fingerprint density at radius 2 is 1.62 bits per heavy atom. The molecule has 3 aromatic carbocycles. The highest BCUT2D eigenvalue weighted by Crippen LogP contribution is 2.17. The van der Waals surface area contributed by atoms with Crippen molar-refractivity contribution in [1.29, 1.82) is 0 Å². The highest BCUT2D eigenvalue weighted by molar-refractivity contribution is 7.92. The van der Waals surface area contributed by atoms with Crippen molar-refractivity contribution < 1.29 is 18.0 Å². The number of carbonyl (C=O) groups excluding carboxylic acids is 2. The monoisotopic (exact) mass is 498 g/mol. The van der Waals surface area contributed by atoms with Gasteiger partial charge < -0.3 is 5.32 Å². The number of halogens is 1. The van der Waals surface area contributed by atoms with Gasteiger partial charge in [-0.15, -0.1) is 0 Å². The van der Waals surface area contributed by atoms with Gasteiger partial charge in [0.15, 0.2) is 0 Å². The van der Waals surface area contributed by atoms with Gasteiger partial charge in [-0.2, -0.15) is 5.10 Å². The molecule has 2 N–H and O–H groups in total.